The molecule has 0 amide bonds. The van der Waals surface area contributed by atoms with Crippen molar-refractivity contribution in [3.05, 3.63) is 34.9 Å². The van der Waals surface area contributed by atoms with E-state index in [2.05, 4.69) is 25.2 Å². The first-order valence-corrected chi connectivity index (χ1v) is 9.07. The molecule has 3 nitrogen and oxygen atoms in total. The van der Waals surface area contributed by atoms with Gasteiger partial charge in [-0.2, -0.15) is 0 Å². The first-order chi connectivity index (χ1) is 11.1. The summed E-state index contributed by atoms with van der Waals surface area (Å²) in [6, 6.07) is 0. The van der Waals surface area contributed by atoms with Crippen LogP contribution in [0.5, 0.6) is 0 Å². The number of Topliss-reactive ketones (excluding diaryl/α,β-unsaturated/α-hetero) is 1. The molecular weight excluding hydrogens is 288 g/mol. The normalized spacial score (nSPS) is 40.9. The molecule has 1 saturated carbocycles. The Bertz CT molecular complexity index is 662. The van der Waals surface area contributed by atoms with Crippen molar-refractivity contribution in [1.29, 1.82) is 0 Å². The highest BCUT2D eigenvalue weighted by molar-refractivity contribution is 5.89. The SMILES string of the molecule is CC12C=CC3=C4CCC5(C=C4CCC3C1CCC2=O)OCCO5. The van der Waals surface area contributed by atoms with E-state index in [1.54, 1.807) is 0 Å². The Kier molecular flexibility index (Phi) is 2.88. The van der Waals surface area contributed by atoms with Crippen molar-refractivity contribution in [3.63, 3.8) is 0 Å². The van der Waals surface area contributed by atoms with E-state index >= 15 is 0 Å². The molecule has 2 fully saturated rings. The molecule has 0 bridgehead atoms. The van der Waals surface area contributed by atoms with E-state index in [4.69, 9.17) is 9.47 Å². The Morgan fingerprint density at radius 3 is 2.78 bits per heavy atom. The second-order valence-corrected chi connectivity index (χ2v) is 7.94. The summed E-state index contributed by atoms with van der Waals surface area (Å²) in [7, 11) is 0. The Hall–Kier alpha value is -1.19. The van der Waals surface area contributed by atoms with Crippen LogP contribution in [-0.2, 0) is 14.3 Å². The lowest BCUT2D eigenvalue weighted by Gasteiger charge is -2.44. The molecule has 1 heterocycles. The predicted octanol–water partition coefficient (Wildman–Crippen LogP) is 3.71. The Morgan fingerprint density at radius 1 is 1.13 bits per heavy atom. The van der Waals surface area contributed by atoms with Crippen molar-refractivity contribution in [1.82, 2.24) is 0 Å². The quantitative estimate of drug-likeness (QED) is 0.684. The molecule has 5 rings (SSSR count). The molecule has 0 N–H and O–H groups in total. The summed E-state index contributed by atoms with van der Waals surface area (Å²) in [5.74, 6) is 1.09. The van der Waals surface area contributed by atoms with Crippen LogP contribution in [0, 0.1) is 17.3 Å². The lowest BCUT2D eigenvalue weighted by molar-refractivity contribution is -0.124. The summed E-state index contributed by atoms with van der Waals surface area (Å²) in [4.78, 5) is 12.3. The first-order valence-electron chi connectivity index (χ1n) is 9.07. The Balaban J connectivity index is 1.57. The second-order valence-electron chi connectivity index (χ2n) is 7.94. The van der Waals surface area contributed by atoms with Crippen LogP contribution in [0.4, 0.5) is 0 Å². The number of rotatable bonds is 0. The lowest BCUT2D eigenvalue weighted by Crippen LogP contribution is -2.38. The van der Waals surface area contributed by atoms with Gasteiger partial charge in [0.25, 0.3) is 0 Å². The highest BCUT2D eigenvalue weighted by Gasteiger charge is 2.51. The van der Waals surface area contributed by atoms with Crippen LogP contribution in [0.1, 0.15) is 45.4 Å². The summed E-state index contributed by atoms with van der Waals surface area (Å²) in [6.45, 7) is 3.58. The molecule has 122 valence electrons. The van der Waals surface area contributed by atoms with Crippen molar-refractivity contribution in [2.45, 2.75) is 51.2 Å². The number of carbonyl (C=O) groups is 1. The monoisotopic (exact) mass is 312 g/mol. The number of allylic oxidation sites excluding steroid dienone is 5. The number of carbonyl (C=O) groups excluding carboxylic acids is 1. The molecule has 0 radical (unpaired) electrons. The minimum atomic E-state index is -0.442. The van der Waals surface area contributed by atoms with Gasteiger partial charge in [-0.25, -0.2) is 0 Å². The van der Waals surface area contributed by atoms with Crippen LogP contribution in [0.25, 0.3) is 0 Å². The second kappa shape index (κ2) is 4.67. The van der Waals surface area contributed by atoms with E-state index in [1.807, 2.05) is 0 Å². The summed E-state index contributed by atoms with van der Waals surface area (Å²) in [6.07, 6.45) is 12.8. The standard InChI is InChI=1S/C20H24O3/c1-19-8-6-15-14-7-9-20(22-10-11-23-20)12-13(14)2-3-16(15)17(19)4-5-18(19)21/h6,8,12,16-17H,2-5,7,9-11H2,1H3. The van der Waals surface area contributed by atoms with Gasteiger partial charge in [-0.05, 0) is 67.2 Å². The minimum Gasteiger partial charge on any atom is -0.344 e. The number of fused-ring (bicyclic) bond motifs is 4. The van der Waals surface area contributed by atoms with Gasteiger partial charge in [0.15, 0.2) is 5.79 Å². The average molecular weight is 312 g/mol. The van der Waals surface area contributed by atoms with Gasteiger partial charge in [0, 0.05) is 18.3 Å². The molecule has 1 spiro atoms. The van der Waals surface area contributed by atoms with Crippen molar-refractivity contribution < 1.29 is 14.3 Å². The van der Waals surface area contributed by atoms with E-state index in [0.29, 0.717) is 30.8 Å². The first kappa shape index (κ1) is 14.2. The van der Waals surface area contributed by atoms with Gasteiger partial charge in [-0.1, -0.05) is 12.2 Å². The third-order valence-corrected chi connectivity index (χ3v) is 6.90. The van der Waals surface area contributed by atoms with Crippen LogP contribution >= 0.6 is 0 Å². The number of hydrogen-bond donors (Lipinski definition) is 0. The van der Waals surface area contributed by atoms with E-state index < -0.39 is 5.79 Å². The molecule has 0 aromatic rings. The molecule has 3 heteroatoms. The van der Waals surface area contributed by atoms with Crippen LogP contribution in [0.15, 0.2) is 34.9 Å². The molecule has 0 aromatic carbocycles. The lowest BCUT2D eigenvalue weighted by atomic mass is 9.61. The molecule has 1 aliphatic heterocycles. The van der Waals surface area contributed by atoms with Gasteiger partial charge in [0.2, 0.25) is 0 Å². The van der Waals surface area contributed by atoms with E-state index in [0.717, 1.165) is 32.1 Å². The van der Waals surface area contributed by atoms with Crippen molar-refractivity contribution in [2.75, 3.05) is 13.2 Å². The maximum Gasteiger partial charge on any atom is 0.188 e. The fraction of sp³-hybridized carbons (Fsp3) is 0.650. The molecule has 1 saturated heterocycles. The smallest absolute Gasteiger partial charge is 0.188 e. The van der Waals surface area contributed by atoms with Gasteiger partial charge in [-0.3, -0.25) is 4.79 Å². The van der Waals surface area contributed by atoms with Crippen LogP contribution in [0.2, 0.25) is 0 Å². The number of hydrogen-bond acceptors (Lipinski definition) is 3. The van der Waals surface area contributed by atoms with Gasteiger partial charge < -0.3 is 9.47 Å². The van der Waals surface area contributed by atoms with E-state index in [-0.39, 0.29) is 5.41 Å². The van der Waals surface area contributed by atoms with Gasteiger partial charge in [0.1, 0.15) is 5.78 Å². The molecule has 4 aliphatic carbocycles. The molecule has 5 aliphatic rings. The zero-order chi connectivity index (χ0) is 15.7. The van der Waals surface area contributed by atoms with Crippen molar-refractivity contribution >= 4 is 5.78 Å². The number of ketones is 1. The van der Waals surface area contributed by atoms with Crippen molar-refractivity contribution in [3.8, 4) is 0 Å². The molecule has 23 heavy (non-hydrogen) atoms. The topological polar surface area (TPSA) is 35.5 Å². The zero-order valence-electron chi connectivity index (χ0n) is 13.8. The van der Waals surface area contributed by atoms with Crippen molar-refractivity contribution in [2.24, 2.45) is 17.3 Å². The average Bonchev–Trinajstić information content (AvgIpc) is 3.12. The zero-order valence-corrected chi connectivity index (χ0v) is 13.8. The summed E-state index contributed by atoms with van der Waals surface area (Å²) in [5.41, 5.74) is 4.25. The van der Waals surface area contributed by atoms with Gasteiger partial charge in [-0.15, -0.1) is 0 Å². The summed E-state index contributed by atoms with van der Waals surface area (Å²) >= 11 is 0. The number of ether oxygens (including phenoxy) is 2. The van der Waals surface area contributed by atoms with E-state index in [1.165, 1.54) is 23.1 Å². The predicted molar refractivity (Wildman–Crippen MR) is 86.7 cm³/mol. The van der Waals surface area contributed by atoms with Crippen LogP contribution < -0.4 is 0 Å². The molecule has 3 atom stereocenters. The third kappa shape index (κ3) is 1.87. The fourth-order valence-electron chi connectivity index (χ4n) is 5.63. The van der Waals surface area contributed by atoms with Gasteiger partial charge in [0.05, 0.1) is 13.2 Å². The van der Waals surface area contributed by atoms with E-state index in [9.17, 15) is 4.79 Å². The maximum absolute atomic E-state index is 12.3. The summed E-state index contributed by atoms with van der Waals surface area (Å²) in [5, 5.41) is 0. The molecule has 3 unspecified atom stereocenters. The maximum atomic E-state index is 12.3. The summed E-state index contributed by atoms with van der Waals surface area (Å²) < 4.78 is 11.8. The molecular formula is C20H24O3. The largest absolute Gasteiger partial charge is 0.344 e. The fourth-order valence-corrected chi connectivity index (χ4v) is 5.63. The van der Waals surface area contributed by atoms with Gasteiger partial charge >= 0.3 is 0 Å². The highest BCUT2D eigenvalue weighted by Crippen LogP contribution is 2.56. The van der Waals surface area contributed by atoms with Crippen LogP contribution in [0.3, 0.4) is 0 Å². The Labute approximate surface area is 137 Å². The Morgan fingerprint density at radius 2 is 1.96 bits per heavy atom. The molecule has 0 aromatic heterocycles. The third-order valence-electron chi connectivity index (χ3n) is 6.90. The minimum absolute atomic E-state index is 0.205. The highest BCUT2D eigenvalue weighted by atomic mass is 16.7. The van der Waals surface area contributed by atoms with Crippen LogP contribution in [-0.4, -0.2) is 24.8 Å².